The minimum atomic E-state index is -0.717. The highest BCUT2D eigenvalue weighted by molar-refractivity contribution is 5.90. The number of hydrogen-bond acceptors (Lipinski definition) is 9. The summed E-state index contributed by atoms with van der Waals surface area (Å²) >= 11 is 0. The fourth-order valence-corrected chi connectivity index (χ4v) is 4.21. The molecule has 3 atom stereocenters. The Labute approximate surface area is 212 Å². The van der Waals surface area contributed by atoms with Gasteiger partial charge in [0.05, 0.1) is 23.1 Å². The number of rotatable bonds is 7. The van der Waals surface area contributed by atoms with Crippen LogP contribution in [0.1, 0.15) is 44.5 Å². The predicted molar refractivity (Wildman–Crippen MR) is 133 cm³/mol. The Bertz CT molecular complexity index is 1420. The molecule has 0 spiro atoms. The first-order valence-corrected chi connectivity index (χ1v) is 11.8. The van der Waals surface area contributed by atoms with Gasteiger partial charge in [-0.25, -0.2) is 19.6 Å². The van der Waals surface area contributed by atoms with Crippen LogP contribution in [0.25, 0.3) is 11.2 Å². The van der Waals surface area contributed by atoms with Gasteiger partial charge in [-0.2, -0.15) is 0 Å². The van der Waals surface area contributed by atoms with Gasteiger partial charge in [0.2, 0.25) is 0 Å². The zero-order chi connectivity index (χ0) is 25.9. The van der Waals surface area contributed by atoms with Crippen LogP contribution in [-0.4, -0.2) is 50.5 Å². The summed E-state index contributed by atoms with van der Waals surface area (Å²) in [6.45, 7) is 3.76. The number of imidazole rings is 1. The largest absolute Gasteiger partial charge is 0.459 e. The molecule has 1 aliphatic rings. The lowest BCUT2D eigenvalue weighted by atomic mass is 10.1. The Morgan fingerprint density at radius 2 is 1.65 bits per heavy atom. The van der Waals surface area contributed by atoms with Crippen molar-refractivity contribution in [1.82, 2.24) is 14.5 Å². The number of pyridine rings is 1. The molecule has 2 aromatic carbocycles. The van der Waals surface area contributed by atoms with E-state index in [0.29, 0.717) is 28.0 Å². The van der Waals surface area contributed by atoms with E-state index in [9.17, 15) is 14.8 Å². The summed E-state index contributed by atoms with van der Waals surface area (Å²) in [7, 11) is 0. The SMILES string of the molecule is Cc1ccc(C(=O)OC[C@H]2O[C@@H](n3cnc4c(NO)ccnc43)C[C@@H]2OC(=O)c2ccc(C)cc2)cc1. The average Bonchev–Trinajstić information content (AvgIpc) is 3.52. The minimum Gasteiger partial charge on any atom is -0.459 e. The van der Waals surface area contributed by atoms with E-state index in [-0.39, 0.29) is 13.0 Å². The first-order chi connectivity index (χ1) is 17.9. The van der Waals surface area contributed by atoms with Gasteiger partial charge in [0.1, 0.15) is 30.6 Å². The molecule has 1 fully saturated rings. The Kier molecular flexibility index (Phi) is 6.85. The summed E-state index contributed by atoms with van der Waals surface area (Å²) < 4.78 is 19.3. The zero-order valence-electron chi connectivity index (χ0n) is 20.3. The number of nitrogens with one attached hydrogen (secondary N) is 1. The van der Waals surface area contributed by atoms with Crippen molar-refractivity contribution in [3.63, 3.8) is 0 Å². The smallest absolute Gasteiger partial charge is 0.338 e. The summed E-state index contributed by atoms with van der Waals surface area (Å²) in [6.07, 6.45) is 1.36. The first-order valence-electron chi connectivity index (χ1n) is 11.8. The molecular weight excluding hydrogens is 476 g/mol. The molecule has 3 heterocycles. The summed E-state index contributed by atoms with van der Waals surface area (Å²) in [6, 6.07) is 15.7. The van der Waals surface area contributed by atoms with E-state index >= 15 is 0 Å². The number of benzene rings is 2. The molecule has 0 aliphatic carbocycles. The molecule has 2 aromatic heterocycles. The van der Waals surface area contributed by atoms with E-state index in [4.69, 9.17) is 14.2 Å². The monoisotopic (exact) mass is 502 g/mol. The van der Waals surface area contributed by atoms with Crippen molar-refractivity contribution >= 4 is 28.8 Å². The van der Waals surface area contributed by atoms with Crippen molar-refractivity contribution < 1.29 is 29.0 Å². The highest BCUT2D eigenvalue weighted by Crippen LogP contribution is 2.34. The van der Waals surface area contributed by atoms with E-state index in [1.165, 1.54) is 6.20 Å². The van der Waals surface area contributed by atoms with E-state index in [1.807, 2.05) is 38.1 Å². The van der Waals surface area contributed by atoms with E-state index in [1.54, 1.807) is 41.2 Å². The van der Waals surface area contributed by atoms with Gasteiger partial charge in [0, 0.05) is 12.6 Å². The number of carbonyl (C=O) groups excluding carboxylic acids is 2. The second-order valence-electron chi connectivity index (χ2n) is 8.93. The molecule has 37 heavy (non-hydrogen) atoms. The van der Waals surface area contributed by atoms with Gasteiger partial charge in [-0.1, -0.05) is 35.4 Å². The molecule has 0 amide bonds. The molecule has 0 radical (unpaired) electrons. The standard InChI is InChI=1S/C27H26N4O6/c1-16-3-7-18(8-4-16)26(32)35-14-22-21(37-27(33)19-9-5-17(2)6-10-19)13-23(36-22)31-15-29-24-20(30-34)11-12-28-25(24)31/h3-12,15,21-23,34H,13-14H2,1-2H3,(H,28,30)/t21-,22+,23+/m0/s1. The number of fused-ring (bicyclic) bond motifs is 1. The van der Waals surface area contributed by atoms with Crippen LogP contribution < -0.4 is 5.48 Å². The molecule has 0 unspecified atom stereocenters. The Morgan fingerprint density at radius 1 is 1.00 bits per heavy atom. The summed E-state index contributed by atoms with van der Waals surface area (Å²) in [5.74, 6) is -0.992. The second-order valence-corrected chi connectivity index (χ2v) is 8.93. The fraction of sp³-hybridized carbons (Fsp3) is 0.259. The third kappa shape index (κ3) is 5.16. The number of ether oxygens (including phenoxy) is 3. The van der Waals surface area contributed by atoms with Crippen LogP contribution >= 0.6 is 0 Å². The highest BCUT2D eigenvalue weighted by Gasteiger charge is 2.40. The van der Waals surface area contributed by atoms with Gasteiger partial charge in [-0.3, -0.25) is 15.3 Å². The molecule has 190 valence electrons. The first kappa shape index (κ1) is 24.4. The van der Waals surface area contributed by atoms with Gasteiger partial charge in [-0.05, 0) is 44.2 Å². The molecular formula is C27H26N4O6. The number of carbonyl (C=O) groups is 2. The van der Waals surface area contributed by atoms with Gasteiger partial charge in [-0.15, -0.1) is 0 Å². The topological polar surface area (TPSA) is 125 Å². The van der Waals surface area contributed by atoms with E-state index in [2.05, 4.69) is 15.4 Å². The van der Waals surface area contributed by atoms with Gasteiger partial charge >= 0.3 is 11.9 Å². The van der Waals surface area contributed by atoms with Crippen molar-refractivity contribution in [2.24, 2.45) is 0 Å². The third-order valence-electron chi connectivity index (χ3n) is 6.28. The van der Waals surface area contributed by atoms with Gasteiger partial charge in [0.25, 0.3) is 0 Å². The lowest BCUT2D eigenvalue weighted by molar-refractivity contribution is -0.0563. The van der Waals surface area contributed by atoms with E-state index < -0.39 is 30.4 Å². The fourth-order valence-electron chi connectivity index (χ4n) is 4.21. The molecule has 1 saturated heterocycles. The number of nitrogens with zero attached hydrogens (tertiary/aromatic N) is 3. The normalized spacial score (nSPS) is 19.1. The lowest BCUT2D eigenvalue weighted by Gasteiger charge is -2.19. The van der Waals surface area contributed by atoms with Crippen LogP contribution in [0.4, 0.5) is 5.69 Å². The quantitative estimate of drug-likeness (QED) is 0.282. The average molecular weight is 503 g/mol. The van der Waals surface area contributed by atoms with Crippen molar-refractivity contribution in [3.8, 4) is 0 Å². The molecule has 1 aliphatic heterocycles. The third-order valence-corrected chi connectivity index (χ3v) is 6.28. The van der Waals surface area contributed by atoms with Crippen LogP contribution in [0.3, 0.4) is 0 Å². The molecule has 10 heteroatoms. The molecule has 5 rings (SSSR count). The number of aromatic nitrogens is 3. The van der Waals surface area contributed by atoms with Crippen molar-refractivity contribution in [2.75, 3.05) is 12.1 Å². The maximum absolute atomic E-state index is 12.9. The zero-order valence-corrected chi connectivity index (χ0v) is 20.3. The van der Waals surface area contributed by atoms with Crippen molar-refractivity contribution in [2.45, 2.75) is 38.7 Å². The molecule has 0 bridgehead atoms. The predicted octanol–water partition coefficient (Wildman–Crippen LogP) is 4.22. The number of aryl methyl sites for hydroxylation is 2. The molecule has 0 saturated carbocycles. The highest BCUT2D eigenvalue weighted by atomic mass is 16.6. The maximum atomic E-state index is 12.9. The molecule has 2 N–H and O–H groups in total. The van der Waals surface area contributed by atoms with Crippen LogP contribution in [0.2, 0.25) is 0 Å². The van der Waals surface area contributed by atoms with Crippen LogP contribution in [0.15, 0.2) is 67.1 Å². The summed E-state index contributed by atoms with van der Waals surface area (Å²) in [5.41, 5.74) is 6.32. The van der Waals surface area contributed by atoms with Crippen molar-refractivity contribution in [1.29, 1.82) is 0 Å². The number of esters is 2. The Hall–Kier alpha value is -4.28. The van der Waals surface area contributed by atoms with Gasteiger partial charge < -0.3 is 14.2 Å². The van der Waals surface area contributed by atoms with Crippen LogP contribution in [0, 0.1) is 13.8 Å². The van der Waals surface area contributed by atoms with E-state index in [0.717, 1.165) is 11.1 Å². The van der Waals surface area contributed by atoms with Crippen LogP contribution in [-0.2, 0) is 14.2 Å². The van der Waals surface area contributed by atoms with Gasteiger partial charge in [0.15, 0.2) is 5.65 Å². The number of hydrogen-bond donors (Lipinski definition) is 2. The Balaban J connectivity index is 1.36. The van der Waals surface area contributed by atoms with Crippen LogP contribution in [0.5, 0.6) is 0 Å². The molecule has 10 nitrogen and oxygen atoms in total. The Morgan fingerprint density at radius 3 is 2.30 bits per heavy atom. The number of anilines is 1. The van der Waals surface area contributed by atoms with Crippen molar-refractivity contribution in [3.05, 3.63) is 89.4 Å². The maximum Gasteiger partial charge on any atom is 0.338 e. The second kappa shape index (κ2) is 10.4. The molecule has 4 aromatic rings. The summed E-state index contributed by atoms with van der Waals surface area (Å²) in [4.78, 5) is 34.2. The lowest BCUT2D eigenvalue weighted by Crippen LogP contribution is -2.32. The minimum absolute atomic E-state index is 0.113. The summed E-state index contributed by atoms with van der Waals surface area (Å²) in [5, 5.41) is 9.39.